The molecule has 0 unspecified atom stereocenters. The fraction of sp³-hybridized carbons (Fsp3) is 0.133. The Balaban J connectivity index is 1.55. The molecule has 4 rings (SSSR count). The van der Waals surface area contributed by atoms with Gasteiger partial charge in [0.05, 0.1) is 12.0 Å². The zero-order valence-corrected chi connectivity index (χ0v) is 13.8. The number of rotatable bonds is 5. The first-order valence-electron chi connectivity index (χ1n) is 6.85. The molecule has 3 heterocycles. The van der Waals surface area contributed by atoms with Crippen molar-refractivity contribution in [2.75, 3.05) is 7.11 Å². The third kappa shape index (κ3) is 2.78. The highest BCUT2D eigenvalue weighted by Crippen LogP contribution is 2.26. The van der Waals surface area contributed by atoms with E-state index >= 15 is 0 Å². The van der Waals surface area contributed by atoms with E-state index in [9.17, 15) is 0 Å². The molecular weight excluding hydrogens is 332 g/mol. The van der Waals surface area contributed by atoms with Gasteiger partial charge in [-0.25, -0.2) is 0 Å². The molecule has 0 radical (unpaired) electrons. The molecule has 23 heavy (non-hydrogen) atoms. The van der Waals surface area contributed by atoms with Gasteiger partial charge in [-0.1, -0.05) is 23.5 Å². The van der Waals surface area contributed by atoms with Crippen LogP contribution in [0.5, 0.6) is 11.5 Å². The van der Waals surface area contributed by atoms with Crippen LogP contribution in [0, 0.1) is 0 Å². The maximum absolute atomic E-state index is 5.77. The minimum absolute atomic E-state index is 0.380. The van der Waals surface area contributed by atoms with Gasteiger partial charge >= 0.3 is 0 Å². The first kappa shape index (κ1) is 14.2. The van der Waals surface area contributed by atoms with Crippen molar-refractivity contribution < 1.29 is 9.47 Å². The monoisotopic (exact) mass is 344 g/mol. The van der Waals surface area contributed by atoms with Crippen LogP contribution < -0.4 is 9.47 Å². The molecule has 0 bridgehead atoms. The molecule has 0 saturated carbocycles. The lowest BCUT2D eigenvalue weighted by Gasteiger charge is -2.05. The van der Waals surface area contributed by atoms with Crippen LogP contribution in [0.25, 0.3) is 15.7 Å². The van der Waals surface area contributed by atoms with Crippen LogP contribution in [-0.2, 0) is 6.61 Å². The van der Waals surface area contributed by atoms with E-state index < -0.39 is 0 Å². The average Bonchev–Trinajstić information content (AvgIpc) is 3.29. The number of fused-ring (bicyclic) bond motifs is 1. The van der Waals surface area contributed by atoms with Crippen molar-refractivity contribution in [2.24, 2.45) is 0 Å². The van der Waals surface area contributed by atoms with Crippen LogP contribution in [0.4, 0.5) is 0 Å². The minimum atomic E-state index is 0.380. The van der Waals surface area contributed by atoms with Gasteiger partial charge < -0.3 is 9.47 Å². The molecule has 4 aromatic rings. The number of nitrogens with zero attached hydrogens (tertiary/aromatic N) is 4. The Kier molecular flexibility index (Phi) is 3.68. The van der Waals surface area contributed by atoms with Crippen molar-refractivity contribution in [3.8, 4) is 22.2 Å². The smallest absolute Gasteiger partial charge is 0.235 e. The Morgan fingerprint density at radius 2 is 2.04 bits per heavy atom. The van der Waals surface area contributed by atoms with Crippen molar-refractivity contribution in [2.45, 2.75) is 6.61 Å². The standard InChI is InChI=1S/C15H12N4O2S2/c1-20-10-4-2-5-11(8-10)21-9-13-18-19-14(12-6-3-7-22-12)16-17-15(19)23-13/h2-8H,9H2,1H3. The van der Waals surface area contributed by atoms with Gasteiger partial charge in [-0.05, 0) is 23.6 Å². The van der Waals surface area contributed by atoms with Gasteiger partial charge in [-0.15, -0.1) is 21.5 Å². The van der Waals surface area contributed by atoms with Crippen LogP contribution in [0.15, 0.2) is 41.8 Å². The summed E-state index contributed by atoms with van der Waals surface area (Å²) in [4.78, 5) is 1.81. The zero-order chi connectivity index (χ0) is 15.6. The van der Waals surface area contributed by atoms with Gasteiger partial charge in [-0.2, -0.15) is 9.61 Å². The molecule has 1 aromatic carbocycles. The lowest BCUT2D eigenvalue weighted by atomic mass is 10.3. The number of ether oxygens (including phenoxy) is 2. The van der Waals surface area contributed by atoms with Crippen LogP contribution in [0.1, 0.15) is 5.01 Å². The summed E-state index contributed by atoms with van der Waals surface area (Å²) >= 11 is 3.09. The van der Waals surface area contributed by atoms with Gasteiger partial charge in [0, 0.05) is 6.07 Å². The first-order chi connectivity index (χ1) is 11.3. The summed E-state index contributed by atoms with van der Waals surface area (Å²) in [6.07, 6.45) is 0. The van der Waals surface area contributed by atoms with Gasteiger partial charge in [0.25, 0.3) is 0 Å². The second-order valence-corrected chi connectivity index (χ2v) is 6.65. The van der Waals surface area contributed by atoms with E-state index in [1.54, 1.807) is 23.0 Å². The van der Waals surface area contributed by atoms with E-state index in [-0.39, 0.29) is 0 Å². The summed E-state index contributed by atoms with van der Waals surface area (Å²) in [5.41, 5.74) is 0. The lowest BCUT2D eigenvalue weighted by molar-refractivity contribution is 0.301. The SMILES string of the molecule is COc1cccc(OCc2nn3c(-c4cccs4)nnc3s2)c1. The average molecular weight is 344 g/mol. The Hall–Kier alpha value is -2.45. The minimum Gasteiger partial charge on any atom is -0.497 e. The maximum Gasteiger partial charge on any atom is 0.235 e. The molecule has 0 fully saturated rings. The quantitative estimate of drug-likeness (QED) is 0.554. The fourth-order valence-electron chi connectivity index (χ4n) is 2.11. The van der Waals surface area contributed by atoms with Crippen molar-refractivity contribution in [3.05, 3.63) is 46.8 Å². The molecule has 3 aromatic heterocycles. The fourth-order valence-corrected chi connectivity index (χ4v) is 3.55. The largest absolute Gasteiger partial charge is 0.497 e. The van der Waals surface area contributed by atoms with Crippen molar-refractivity contribution in [1.82, 2.24) is 19.8 Å². The number of benzene rings is 1. The Labute approximate surface area is 139 Å². The normalized spacial score (nSPS) is 11.0. The number of thiophene rings is 1. The number of hydrogen-bond donors (Lipinski definition) is 0. The van der Waals surface area contributed by atoms with Crippen molar-refractivity contribution in [1.29, 1.82) is 0 Å². The summed E-state index contributed by atoms with van der Waals surface area (Å²) < 4.78 is 12.7. The second-order valence-electron chi connectivity index (χ2n) is 4.66. The van der Waals surface area contributed by atoms with Gasteiger partial charge in [-0.3, -0.25) is 0 Å². The van der Waals surface area contributed by atoms with Gasteiger partial charge in [0.1, 0.15) is 18.1 Å². The third-order valence-corrected chi connectivity index (χ3v) is 4.92. The summed E-state index contributed by atoms with van der Waals surface area (Å²) in [6, 6.07) is 11.5. The molecule has 0 spiro atoms. The predicted molar refractivity (Wildman–Crippen MR) is 89.3 cm³/mol. The Bertz CT molecular complexity index is 930. The summed E-state index contributed by atoms with van der Waals surface area (Å²) in [6.45, 7) is 0.380. The third-order valence-electron chi connectivity index (χ3n) is 3.18. The second kappa shape index (κ2) is 5.98. The summed E-state index contributed by atoms with van der Waals surface area (Å²) in [5.74, 6) is 2.27. The highest BCUT2D eigenvalue weighted by atomic mass is 32.1. The molecule has 8 heteroatoms. The van der Waals surface area contributed by atoms with Crippen molar-refractivity contribution >= 4 is 27.6 Å². The molecule has 0 amide bonds. The van der Waals surface area contributed by atoms with Crippen LogP contribution >= 0.6 is 22.7 Å². The molecular formula is C15H12N4O2S2. The number of methoxy groups -OCH3 is 1. The number of hydrogen-bond acceptors (Lipinski definition) is 7. The van der Waals surface area contributed by atoms with E-state index in [0.29, 0.717) is 6.61 Å². The van der Waals surface area contributed by atoms with Gasteiger partial charge in [0.15, 0.2) is 10.8 Å². The maximum atomic E-state index is 5.77. The molecule has 0 N–H and O–H groups in total. The molecule has 0 atom stereocenters. The Morgan fingerprint density at radius 3 is 2.87 bits per heavy atom. The van der Waals surface area contributed by atoms with E-state index in [4.69, 9.17) is 9.47 Å². The van der Waals surface area contributed by atoms with Gasteiger partial charge in [0.2, 0.25) is 4.96 Å². The lowest BCUT2D eigenvalue weighted by Crippen LogP contribution is -1.97. The van der Waals surface area contributed by atoms with Crippen LogP contribution in [-0.4, -0.2) is 26.9 Å². The van der Waals surface area contributed by atoms with Crippen LogP contribution in [0.3, 0.4) is 0 Å². The molecule has 6 nitrogen and oxygen atoms in total. The highest BCUT2D eigenvalue weighted by molar-refractivity contribution is 7.16. The summed E-state index contributed by atoms with van der Waals surface area (Å²) in [7, 11) is 1.63. The predicted octanol–water partition coefficient (Wildman–Crippen LogP) is 3.50. The van der Waals surface area contributed by atoms with E-state index in [1.165, 1.54) is 11.3 Å². The first-order valence-corrected chi connectivity index (χ1v) is 8.55. The van der Waals surface area contributed by atoms with E-state index in [0.717, 1.165) is 32.2 Å². The molecule has 116 valence electrons. The molecule has 0 saturated heterocycles. The zero-order valence-electron chi connectivity index (χ0n) is 12.2. The summed E-state index contributed by atoms with van der Waals surface area (Å²) in [5, 5.41) is 15.8. The molecule has 0 aliphatic heterocycles. The van der Waals surface area contributed by atoms with Crippen molar-refractivity contribution in [3.63, 3.8) is 0 Å². The number of aromatic nitrogens is 4. The molecule has 0 aliphatic carbocycles. The topological polar surface area (TPSA) is 61.5 Å². The Morgan fingerprint density at radius 1 is 1.13 bits per heavy atom. The highest BCUT2D eigenvalue weighted by Gasteiger charge is 2.14. The van der Waals surface area contributed by atoms with E-state index in [2.05, 4.69) is 15.3 Å². The van der Waals surface area contributed by atoms with E-state index in [1.807, 2.05) is 41.8 Å². The van der Waals surface area contributed by atoms with Crippen LogP contribution in [0.2, 0.25) is 0 Å². The molecule has 0 aliphatic rings.